The van der Waals surface area contributed by atoms with Crippen LogP contribution in [0.25, 0.3) is 0 Å². The van der Waals surface area contributed by atoms with Crippen molar-refractivity contribution in [1.82, 2.24) is 10.6 Å². The molecule has 4 nitrogen and oxygen atoms in total. The molecule has 0 aromatic heterocycles. The highest BCUT2D eigenvalue weighted by atomic mass is 16.2. The minimum absolute atomic E-state index is 0.213. The van der Waals surface area contributed by atoms with E-state index in [4.69, 9.17) is 0 Å². The largest absolute Gasteiger partial charge is 0.355 e. The molecule has 0 fully saturated rings. The van der Waals surface area contributed by atoms with E-state index in [9.17, 15) is 9.59 Å². The summed E-state index contributed by atoms with van der Waals surface area (Å²) >= 11 is 0. The number of carbonyl (C=O) groups is 2. The van der Waals surface area contributed by atoms with Gasteiger partial charge in [0.15, 0.2) is 0 Å². The van der Waals surface area contributed by atoms with Gasteiger partial charge in [0.1, 0.15) is 5.92 Å². The molecule has 2 amide bonds. The van der Waals surface area contributed by atoms with Gasteiger partial charge in [-0.15, -0.1) is 0 Å². The summed E-state index contributed by atoms with van der Waals surface area (Å²) in [7, 11) is 0. The van der Waals surface area contributed by atoms with Crippen molar-refractivity contribution in [2.45, 2.75) is 47.1 Å². The first-order valence-corrected chi connectivity index (χ1v) is 5.73. The van der Waals surface area contributed by atoms with Crippen molar-refractivity contribution in [3.05, 3.63) is 0 Å². The van der Waals surface area contributed by atoms with Gasteiger partial charge in [0.05, 0.1) is 0 Å². The van der Waals surface area contributed by atoms with Gasteiger partial charge in [0, 0.05) is 12.1 Å². The van der Waals surface area contributed by atoms with Gasteiger partial charge < -0.3 is 10.6 Å². The molecule has 0 aliphatic carbocycles. The first kappa shape index (κ1) is 14.9. The third-order valence-electron chi connectivity index (χ3n) is 1.97. The minimum atomic E-state index is -0.641. The van der Waals surface area contributed by atoms with Crippen LogP contribution >= 0.6 is 0 Å². The smallest absolute Gasteiger partial charge is 0.232 e. The molecule has 2 N–H and O–H groups in total. The summed E-state index contributed by atoms with van der Waals surface area (Å²) in [6, 6.07) is 0. The van der Waals surface area contributed by atoms with Crippen LogP contribution in [-0.2, 0) is 9.59 Å². The molecule has 0 heterocycles. The maximum absolute atomic E-state index is 11.7. The molecule has 1 atom stereocenters. The number of rotatable bonds is 4. The summed E-state index contributed by atoms with van der Waals surface area (Å²) in [6.45, 7) is 11.9. The fourth-order valence-electron chi connectivity index (χ4n) is 1.05. The Labute approximate surface area is 98.2 Å². The lowest BCUT2D eigenvalue weighted by atomic mass is 10.1. The molecule has 16 heavy (non-hydrogen) atoms. The standard InChI is InChI=1S/C12H24N2O2/c1-8(2)7-13-10(15)9(3)11(16)14-12(4,5)6/h8-9H,7H2,1-6H3,(H,13,15)(H,14,16). The Balaban J connectivity index is 4.17. The summed E-state index contributed by atoms with van der Waals surface area (Å²) in [5.74, 6) is -0.691. The van der Waals surface area contributed by atoms with Crippen LogP contribution < -0.4 is 10.6 Å². The van der Waals surface area contributed by atoms with Crippen LogP contribution in [0.1, 0.15) is 41.5 Å². The summed E-state index contributed by atoms with van der Waals surface area (Å²) < 4.78 is 0. The molecule has 0 saturated heterocycles. The van der Waals surface area contributed by atoms with Crippen LogP contribution in [0.3, 0.4) is 0 Å². The lowest BCUT2D eigenvalue weighted by Gasteiger charge is -2.23. The van der Waals surface area contributed by atoms with Crippen molar-refractivity contribution in [2.75, 3.05) is 6.54 Å². The summed E-state index contributed by atoms with van der Waals surface area (Å²) in [6.07, 6.45) is 0. The number of carbonyl (C=O) groups excluding carboxylic acids is 2. The first-order chi connectivity index (χ1) is 7.13. The Kier molecular flexibility index (Phi) is 5.48. The lowest BCUT2D eigenvalue weighted by molar-refractivity contribution is -0.135. The quantitative estimate of drug-likeness (QED) is 0.713. The Bertz CT molecular complexity index is 254. The van der Waals surface area contributed by atoms with Gasteiger partial charge in [0.25, 0.3) is 0 Å². The summed E-state index contributed by atoms with van der Waals surface area (Å²) in [5.41, 5.74) is -0.302. The molecule has 0 rings (SSSR count). The fourth-order valence-corrected chi connectivity index (χ4v) is 1.05. The Morgan fingerprint density at radius 3 is 1.94 bits per heavy atom. The molecule has 0 radical (unpaired) electrons. The van der Waals surface area contributed by atoms with Crippen molar-refractivity contribution >= 4 is 11.8 Å². The van der Waals surface area contributed by atoms with Gasteiger partial charge in [-0.1, -0.05) is 13.8 Å². The fraction of sp³-hybridized carbons (Fsp3) is 0.833. The predicted octanol–water partition coefficient (Wildman–Crippen LogP) is 1.31. The predicted molar refractivity (Wildman–Crippen MR) is 64.9 cm³/mol. The van der Waals surface area contributed by atoms with Crippen molar-refractivity contribution in [3.8, 4) is 0 Å². The monoisotopic (exact) mass is 228 g/mol. The van der Waals surface area contributed by atoms with Crippen LogP contribution in [0.15, 0.2) is 0 Å². The molecule has 0 aromatic carbocycles. The van der Waals surface area contributed by atoms with Crippen molar-refractivity contribution in [1.29, 1.82) is 0 Å². The normalized spacial score (nSPS) is 13.4. The van der Waals surface area contributed by atoms with Gasteiger partial charge in [-0.25, -0.2) is 0 Å². The molecule has 1 unspecified atom stereocenters. The minimum Gasteiger partial charge on any atom is -0.355 e. The zero-order chi connectivity index (χ0) is 12.9. The van der Waals surface area contributed by atoms with Crippen molar-refractivity contribution < 1.29 is 9.59 Å². The number of hydrogen-bond donors (Lipinski definition) is 2. The SMILES string of the molecule is CC(C)CNC(=O)C(C)C(=O)NC(C)(C)C. The molecule has 0 bridgehead atoms. The zero-order valence-electron chi connectivity index (χ0n) is 11.2. The van der Waals surface area contributed by atoms with Crippen LogP contribution in [0.5, 0.6) is 0 Å². The van der Waals surface area contributed by atoms with E-state index < -0.39 is 5.92 Å². The molecule has 0 aliphatic heterocycles. The van der Waals surface area contributed by atoms with Crippen molar-refractivity contribution in [2.24, 2.45) is 11.8 Å². The lowest BCUT2D eigenvalue weighted by Crippen LogP contribution is -2.47. The van der Waals surface area contributed by atoms with E-state index in [0.717, 1.165) is 0 Å². The highest BCUT2D eigenvalue weighted by Crippen LogP contribution is 2.03. The van der Waals surface area contributed by atoms with E-state index >= 15 is 0 Å². The van der Waals surface area contributed by atoms with Gasteiger partial charge in [-0.05, 0) is 33.6 Å². The van der Waals surface area contributed by atoms with E-state index in [1.54, 1.807) is 6.92 Å². The van der Waals surface area contributed by atoms with Crippen LogP contribution in [0, 0.1) is 11.8 Å². The molecular formula is C12H24N2O2. The Hall–Kier alpha value is -1.06. The maximum atomic E-state index is 11.7. The molecule has 0 spiro atoms. The highest BCUT2D eigenvalue weighted by Gasteiger charge is 2.24. The highest BCUT2D eigenvalue weighted by molar-refractivity contribution is 6.00. The third-order valence-corrected chi connectivity index (χ3v) is 1.97. The molecule has 4 heteroatoms. The molecule has 94 valence electrons. The molecule has 0 aromatic rings. The molecule has 0 aliphatic rings. The van der Waals surface area contributed by atoms with Gasteiger partial charge in [0.2, 0.25) is 11.8 Å². The van der Waals surface area contributed by atoms with Crippen LogP contribution in [0.4, 0.5) is 0 Å². The average Bonchev–Trinajstić information content (AvgIpc) is 2.10. The number of amides is 2. The average molecular weight is 228 g/mol. The summed E-state index contributed by atoms with van der Waals surface area (Å²) in [4.78, 5) is 23.3. The van der Waals surface area contributed by atoms with Gasteiger partial charge in [-0.3, -0.25) is 9.59 Å². The van der Waals surface area contributed by atoms with E-state index in [1.807, 2.05) is 34.6 Å². The van der Waals surface area contributed by atoms with E-state index in [0.29, 0.717) is 12.5 Å². The van der Waals surface area contributed by atoms with Crippen LogP contribution in [0.2, 0.25) is 0 Å². The van der Waals surface area contributed by atoms with E-state index in [-0.39, 0.29) is 17.4 Å². The molecular weight excluding hydrogens is 204 g/mol. The Morgan fingerprint density at radius 1 is 1.06 bits per heavy atom. The summed E-state index contributed by atoms with van der Waals surface area (Å²) in [5, 5.41) is 5.54. The zero-order valence-corrected chi connectivity index (χ0v) is 11.2. The third kappa shape index (κ3) is 6.43. The second-order valence-electron chi connectivity index (χ2n) is 5.60. The molecule has 0 saturated carbocycles. The van der Waals surface area contributed by atoms with E-state index in [1.165, 1.54) is 0 Å². The van der Waals surface area contributed by atoms with Crippen LogP contribution in [-0.4, -0.2) is 23.9 Å². The second-order valence-corrected chi connectivity index (χ2v) is 5.60. The second kappa shape index (κ2) is 5.87. The van der Waals surface area contributed by atoms with Gasteiger partial charge in [-0.2, -0.15) is 0 Å². The van der Waals surface area contributed by atoms with Gasteiger partial charge >= 0.3 is 0 Å². The number of nitrogens with one attached hydrogen (secondary N) is 2. The Morgan fingerprint density at radius 2 is 1.56 bits per heavy atom. The number of hydrogen-bond acceptors (Lipinski definition) is 2. The first-order valence-electron chi connectivity index (χ1n) is 5.73. The van der Waals surface area contributed by atoms with Crippen molar-refractivity contribution in [3.63, 3.8) is 0 Å². The van der Waals surface area contributed by atoms with E-state index in [2.05, 4.69) is 10.6 Å². The maximum Gasteiger partial charge on any atom is 0.232 e. The topological polar surface area (TPSA) is 58.2 Å².